The van der Waals surface area contributed by atoms with Gasteiger partial charge < -0.3 is 0 Å². The molecule has 0 radical (unpaired) electrons. The number of aromatic nitrogens is 2. The maximum Gasteiger partial charge on any atom is 0.159 e. The molecule has 17 heavy (non-hydrogen) atoms. The van der Waals surface area contributed by atoms with Crippen molar-refractivity contribution in [2.24, 2.45) is 7.05 Å². The maximum atomic E-state index is 13.2. The quantitative estimate of drug-likeness (QED) is 0.827. The zero-order chi connectivity index (χ0) is 12.6. The van der Waals surface area contributed by atoms with Crippen LogP contribution in [0.1, 0.15) is 12.6 Å². The predicted octanol–water partition coefficient (Wildman–Crippen LogP) is 3.69. The number of hydrogen-bond acceptors (Lipinski definition) is 1. The fourth-order valence-corrected chi connectivity index (χ4v) is 2.58. The Bertz CT molecular complexity index is 564. The van der Waals surface area contributed by atoms with Crippen LogP contribution in [-0.4, -0.2) is 9.78 Å². The van der Waals surface area contributed by atoms with Crippen LogP contribution < -0.4 is 0 Å². The van der Waals surface area contributed by atoms with E-state index >= 15 is 0 Å². The van der Waals surface area contributed by atoms with E-state index in [4.69, 9.17) is 0 Å². The first kappa shape index (κ1) is 12.2. The van der Waals surface area contributed by atoms with Crippen molar-refractivity contribution in [2.75, 3.05) is 0 Å². The van der Waals surface area contributed by atoms with Crippen LogP contribution in [0.5, 0.6) is 0 Å². The van der Waals surface area contributed by atoms with Gasteiger partial charge in [-0.25, -0.2) is 8.78 Å². The van der Waals surface area contributed by atoms with Crippen LogP contribution >= 0.6 is 15.9 Å². The summed E-state index contributed by atoms with van der Waals surface area (Å²) in [5.41, 5.74) is 2.25. The van der Waals surface area contributed by atoms with Crippen LogP contribution in [0.3, 0.4) is 0 Å². The third-order valence-corrected chi connectivity index (χ3v) is 3.42. The largest absolute Gasteiger partial charge is 0.266 e. The molecule has 0 unspecified atom stereocenters. The molecule has 0 fully saturated rings. The molecule has 0 bridgehead atoms. The summed E-state index contributed by atoms with van der Waals surface area (Å²) in [5.74, 6) is -1.70. The summed E-state index contributed by atoms with van der Waals surface area (Å²) >= 11 is 3.44. The lowest BCUT2D eigenvalue weighted by molar-refractivity contribution is 0.509. The predicted molar refractivity (Wildman–Crippen MR) is 65.6 cm³/mol. The molecule has 0 saturated carbocycles. The highest BCUT2D eigenvalue weighted by Gasteiger charge is 2.15. The minimum absolute atomic E-state index is 0.602. The van der Waals surface area contributed by atoms with Gasteiger partial charge >= 0.3 is 0 Å². The Morgan fingerprint density at radius 3 is 2.53 bits per heavy atom. The van der Waals surface area contributed by atoms with Gasteiger partial charge in [0.25, 0.3) is 0 Å². The molecule has 0 aliphatic rings. The summed E-state index contributed by atoms with van der Waals surface area (Å²) < 4.78 is 28.6. The highest BCUT2D eigenvalue weighted by Crippen LogP contribution is 2.31. The molecule has 0 amide bonds. The molecular weight excluding hydrogens is 290 g/mol. The first-order chi connectivity index (χ1) is 8.04. The monoisotopic (exact) mass is 300 g/mol. The molecule has 1 aromatic heterocycles. The molecule has 1 heterocycles. The van der Waals surface area contributed by atoms with Crippen LogP contribution in [0.2, 0.25) is 0 Å². The Hall–Kier alpha value is -1.23. The molecule has 5 heteroatoms. The average Bonchev–Trinajstić information content (AvgIpc) is 2.58. The van der Waals surface area contributed by atoms with Gasteiger partial charge in [-0.15, -0.1) is 0 Å². The Labute approximate surface area is 106 Å². The number of rotatable bonds is 2. The Balaban J connectivity index is 2.60. The molecule has 2 nitrogen and oxygen atoms in total. The van der Waals surface area contributed by atoms with Crippen molar-refractivity contribution in [1.82, 2.24) is 9.78 Å². The van der Waals surface area contributed by atoms with E-state index in [9.17, 15) is 8.78 Å². The van der Waals surface area contributed by atoms with Crippen LogP contribution in [0.4, 0.5) is 8.78 Å². The van der Waals surface area contributed by atoms with Gasteiger partial charge in [0.05, 0.1) is 15.9 Å². The lowest BCUT2D eigenvalue weighted by atomic mass is 10.1. The topological polar surface area (TPSA) is 17.8 Å². The Kier molecular flexibility index (Phi) is 3.28. The summed E-state index contributed by atoms with van der Waals surface area (Å²) in [4.78, 5) is 0. The van der Waals surface area contributed by atoms with Crippen LogP contribution in [0, 0.1) is 11.6 Å². The van der Waals surface area contributed by atoms with Gasteiger partial charge in [0, 0.05) is 12.6 Å². The molecule has 1 aromatic carbocycles. The van der Waals surface area contributed by atoms with Gasteiger partial charge in [-0.05, 0) is 40.5 Å². The molecule has 0 aliphatic carbocycles. The summed E-state index contributed by atoms with van der Waals surface area (Å²) in [5, 5.41) is 4.31. The first-order valence-electron chi connectivity index (χ1n) is 5.21. The van der Waals surface area contributed by atoms with Crippen LogP contribution in [-0.2, 0) is 13.5 Å². The van der Waals surface area contributed by atoms with Gasteiger partial charge in [-0.1, -0.05) is 6.92 Å². The van der Waals surface area contributed by atoms with Crippen molar-refractivity contribution >= 4 is 15.9 Å². The van der Waals surface area contributed by atoms with Crippen molar-refractivity contribution in [3.8, 4) is 11.3 Å². The Morgan fingerprint density at radius 2 is 2.00 bits per heavy atom. The minimum Gasteiger partial charge on any atom is -0.266 e. The molecule has 0 atom stereocenters. The Morgan fingerprint density at radius 1 is 1.29 bits per heavy atom. The van der Waals surface area contributed by atoms with E-state index < -0.39 is 11.6 Å². The van der Waals surface area contributed by atoms with Crippen molar-refractivity contribution in [3.05, 3.63) is 40.0 Å². The van der Waals surface area contributed by atoms with E-state index in [1.165, 1.54) is 6.07 Å². The van der Waals surface area contributed by atoms with E-state index in [1.807, 2.05) is 6.92 Å². The fourth-order valence-electron chi connectivity index (χ4n) is 1.74. The first-order valence-corrected chi connectivity index (χ1v) is 6.00. The molecule has 0 aliphatic heterocycles. The van der Waals surface area contributed by atoms with E-state index in [1.54, 1.807) is 17.8 Å². The molecule has 90 valence electrons. The SMILES string of the molecule is CCc1nn(C)c(-c2ccc(F)c(F)c2)c1Br. The zero-order valence-corrected chi connectivity index (χ0v) is 11.1. The molecule has 2 aromatic rings. The van der Waals surface area contributed by atoms with Gasteiger partial charge in [0.1, 0.15) is 0 Å². The van der Waals surface area contributed by atoms with Crippen molar-refractivity contribution in [2.45, 2.75) is 13.3 Å². The van der Waals surface area contributed by atoms with Crippen LogP contribution in [0.15, 0.2) is 22.7 Å². The van der Waals surface area contributed by atoms with Gasteiger partial charge in [0.15, 0.2) is 11.6 Å². The fraction of sp³-hybridized carbons (Fsp3) is 0.250. The smallest absolute Gasteiger partial charge is 0.159 e. The second kappa shape index (κ2) is 4.56. The van der Waals surface area contributed by atoms with Crippen molar-refractivity contribution in [3.63, 3.8) is 0 Å². The third-order valence-electron chi connectivity index (χ3n) is 2.58. The minimum atomic E-state index is -0.853. The number of hydrogen-bond donors (Lipinski definition) is 0. The third kappa shape index (κ3) is 2.11. The number of nitrogens with zero attached hydrogens (tertiary/aromatic N) is 2. The van der Waals surface area contributed by atoms with Gasteiger partial charge in [-0.3, -0.25) is 4.68 Å². The van der Waals surface area contributed by atoms with Crippen LogP contribution in [0.25, 0.3) is 11.3 Å². The van der Waals surface area contributed by atoms with E-state index in [0.29, 0.717) is 5.56 Å². The molecule has 0 saturated heterocycles. The van der Waals surface area contributed by atoms with Crippen molar-refractivity contribution in [1.29, 1.82) is 0 Å². The lowest BCUT2D eigenvalue weighted by Gasteiger charge is -2.03. The molecular formula is C12H11BrF2N2. The number of benzene rings is 1. The molecule has 0 spiro atoms. The lowest BCUT2D eigenvalue weighted by Crippen LogP contribution is -1.95. The van der Waals surface area contributed by atoms with Gasteiger partial charge in [-0.2, -0.15) is 5.10 Å². The zero-order valence-electron chi connectivity index (χ0n) is 9.47. The molecule has 2 rings (SSSR count). The van der Waals surface area contributed by atoms with Crippen molar-refractivity contribution < 1.29 is 8.78 Å². The highest BCUT2D eigenvalue weighted by atomic mass is 79.9. The summed E-state index contributed by atoms with van der Waals surface area (Å²) in [6.07, 6.45) is 0.776. The second-order valence-electron chi connectivity index (χ2n) is 3.72. The van der Waals surface area contributed by atoms with E-state index in [0.717, 1.165) is 28.3 Å². The van der Waals surface area contributed by atoms with E-state index in [2.05, 4.69) is 21.0 Å². The summed E-state index contributed by atoms with van der Waals surface area (Å²) in [6, 6.07) is 3.84. The maximum absolute atomic E-state index is 13.2. The average molecular weight is 301 g/mol. The van der Waals surface area contributed by atoms with Gasteiger partial charge in [0.2, 0.25) is 0 Å². The standard InChI is InChI=1S/C12H11BrF2N2/c1-3-10-11(13)12(17(2)16-10)7-4-5-8(14)9(15)6-7/h4-6H,3H2,1-2H3. The summed E-state index contributed by atoms with van der Waals surface area (Å²) in [6.45, 7) is 1.99. The second-order valence-corrected chi connectivity index (χ2v) is 4.51. The molecule has 0 N–H and O–H groups in total. The van der Waals surface area contributed by atoms with E-state index in [-0.39, 0.29) is 0 Å². The summed E-state index contributed by atoms with van der Waals surface area (Å²) in [7, 11) is 1.78. The highest BCUT2D eigenvalue weighted by molar-refractivity contribution is 9.10. The number of aryl methyl sites for hydroxylation is 2. The number of halogens is 3. The normalized spacial score (nSPS) is 10.9.